The van der Waals surface area contributed by atoms with Crippen LogP contribution in [0.4, 0.5) is 0 Å². The van der Waals surface area contributed by atoms with Crippen LogP contribution in [0.2, 0.25) is 0 Å². The molecule has 18 heavy (non-hydrogen) atoms. The Morgan fingerprint density at radius 3 is 2.11 bits per heavy atom. The van der Waals surface area contributed by atoms with Crippen LogP contribution in [0.15, 0.2) is 12.1 Å². The van der Waals surface area contributed by atoms with Crippen LogP contribution >= 0.6 is 11.6 Å². The molecule has 0 aromatic heterocycles. The SMILES string of the molecule is Cc1cc(CCl)cc(C)c1OCC(C)CC(C)C. The Kier molecular flexibility index (Phi) is 6.01. The van der Waals surface area contributed by atoms with Crippen molar-refractivity contribution in [1.82, 2.24) is 0 Å². The van der Waals surface area contributed by atoms with E-state index in [0.29, 0.717) is 11.8 Å². The standard InChI is InChI=1S/C16H25ClO/c1-11(2)6-12(3)10-18-16-13(4)7-15(9-17)8-14(16)5/h7-8,11-12H,6,9-10H2,1-5H3. The van der Waals surface area contributed by atoms with Gasteiger partial charge in [0.2, 0.25) is 0 Å². The summed E-state index contributed by atoms with van der Waals surface area (Å²) in [5, 5.41) is 0. The molecule has 1 atom stereocenters. The van der Waals surface area contributed by atoms with E-state index in [9.17, 15) is 0 Å². The predicted octanol–water partition coefficient (Wildman–Crippen LogP) is 5.10. The van der Waals surface area contributed by atoms with Crippen LogP contribution in [0, 0.1) is 25.7 Å². The number of ether oxygens (including phenoxy) is 1. The zero-order chi connectivity index (χ0) is 13.7. The maximum Gasteiger partial charge on any atom is 0.125 e. The van der Waals surface area contributed by atoms with Crippen LogP contribution in [0.5, 0.6) is 5.75 Å². The van der Waals surface area contributed by atoms with Crippen LogP contribution in [-0.4, -0.2) is 6.61 Å². The fourth-order valence-electron chi connectivity index (χ4n) is 2.44. The minimum Gasteiger partial charge on any atom is -0.493 e. The van der Waals surface area contributed by atoms with Gasteiger partial charge in [-0.1, -0.05) is 32.9 Å². The lowest BCUT2D eigenvalue weighted by atomic mass is 10.00. The summed E-state index contributed by atoms with van der Waals surface area (Å²) in [6, 6.07) is 4.23. The molecule has 0 aliphatic heterocycles. The number of hydrogen-bond acceptors (Lipinski definition) is 1. The van der Waals surface area contributed by atoms with Crippen molar-refractivity contribution in [2.24, 2.45) is 11.8 Å². The molecular formula is C16H25ClO. The topological polar surface area (TPSA) is 9.23 Å². The summed E-state index contributed by atoms with van der Waals surface area (Å²) in [4.78, 5) is 0. The molecule has 0 amide bonds. The lowest BCUT2D eigenvalue weighted by Gasteiger charge is -2.18. The summed E-state index contributed by atoms with van der Waals surface area (Å²) in [5.41, 5.74) is 3.53. The number of aryl methyl sites for hydroxylation is 2. The van der Waals surface area contributed by atoms with Gasteiger partial charge in [-0.3, -0.25) is 0 Å². The van der Waals surface area contributed by atoms with Gasteiger partial charge in [-0.05, 0) is 48.8 Å². The number of benzene rings is 1. The van der Waals surface area contributed by atoms with Gasteiger partial charge in [0.1, 0.15) is 5.75 Å². The van der Waals surface area contributed by atoms with E-state index in [4.69, 9.17) is 16.3 Å². The van der Waals surface area contributed by atoms with Gasteiger partial charge in [-0.25, -0.2) is 0 Å². The minimum atomic E-state index is 0.561. The third-order valence-corrected chi connectivity index (χ3v) is 3.37. The van der Waals surface area contributed by atoms with Gasteiger partial charge < -0.3 is 4.74 Å². The molecule has 0 heterocycles. The highest BCUT2D eigenvalue weighted by atomic mass is 35.5. The second-order valence-corrected chi connectivity index (χ2v) is 6.01. The molecule has 0 radical (unpaired) electrons. The van der Waals surface area contributed by atoms with E-state index in [1.807, 2.05) is 0 Å². The van der Waals surface area contributed by atoms with E-state index in [-0.39, 0.29) is 0 Å². The van der Waals surface area contributed by atoms with Gasteiger partial charge in [0, 0.05) is 5.88 Å². The molecule has 0 fully saturated rings. The van der Waals surface area contributed by atoms with E-state index in [1.165, 1.54) is 17.5 Å². The maximum atomic E-state index is 5.99. The molecule has 1 aromatic carbocycles. The van der Waals surface area contributed by atoms with E-state index < -0.39 is 0 Å². The monoisotopic (exact) mass is 268 g/mol. The lowest BCUT2D eigenvalue weighted by Crippen LogP contribution is -2.12. The number of alkyl halides is 1. The van der Waals surface area contributed by atoms with Crippen molar-refractivity contribution in [2.75, 3.05) is 6.61 Å². The first-order chi connectivity index (χ1) is 8.43. The summed E-state index contributed by atoms with van der Waals surface area (Å²) in [7, 11) is 0. The van der Waals surface area contributed by atoms with Crippen LogP contribution < -0.4 is 4.74 Å². The van der Waals surface area contributed by atoms with E-state index >= 15 is 0 Å². The quantitative estimate of drug-likeness (QED) is 0.652. The highest BCUT2D eigenvalue weighted by molar-refractivity contribution is 6.17. The Labute approximate surface area is 116 Å². The van der Waals surface area contributed by atoms with Crippen molar-refractivity contribution in [3.8, 4) is 5.75 Å². The third-order valence-electron chi connectivity index (χ3n) is 3.06. The molecule has 0 bridgehead atoms. The maximum absolute atomic E-state index is 5.99. The van der Waals surface area contributed by atoms with Gasteiger partial charge in [0.15, 0.2) is 0 Å². The number of halogens is 1. The molecule has 0 saturated heterocycles. The molecule has 0 spiro atoms. The summed E-state index contributed by atoms with van der Waals surface area (Å²) in [6.45, 7) is 11.7. The molecule has 0 N–H and O–H groups in total. The fourth-order valence-corrected chi connectivity index (χ4v) is 2.60. The van der Waals surface area contributed by atoms with Crippen LogP contribution in [0.25, 0.3) is 0 Å². The van der Waals surface area contributed by atoms with Gasteiger partial charge in [-0.2, -0.15) is 0 Å². The van der Waals surface area contributed by atoms with E-state index in [1.54, 1.807) is 0 Å². The predicted molar refractivity (Wildman–Crippen MR) is 79.6 cm³/mol. The molecule has 0 saturated carbocycles. The second kappa shape index (κ2) is 7.04. The number of hydrogen-bond donors (Lipinski definition) is 0. The van der Waals surface area contributed by atoms with Gasteiger partial charge in [-0.15, -0.1) is 11.6 Å². The first-order valence-corrected chi connectivity index (χ1v) is 7.26. The zero-order valence-electron chi connectivity index (χ0n) is 12.2. The van der Waals surface area contributed by atoms with Crippen molar-refractivity contribution in [1.29, 1.82) is 0 Å². The smallest absolute Gasteiger partial charge is 0.125 e. The fraction of sp³-hybridized carbons (Fsp3) is 0.625. The van der Waals surface area contributed by atoms with Gasteiger partial charge >= 0.3 is 0 Å². The van der Waals surface area contributed by atoms with Gasteiger partial charge in [0.25, 0.3) is 0 Å². The first kappa shape index (κ1) is 15.4. The van der Waals surface area contributed by atoms with Crippen LogP contribution in [0.3, 0.4) is 0 Å². The number of rotatable bonds is 6. The van der Waals surface area contributed by atoms with Crippen molar-refractivity contribution < 1.29 is 4.74 Å². The largest absolute Gasteiger partial charge is 0.493 e. The van der Waals surface area contributed by atoms with Crippen molar-refractivity contribution in [3.63, 3.8) is 0 Å². The third kappa shape index (κ3) is 4.53. The molecule has 1 rings (SSSR count). The average Bonchev–Trinajstić information content (AvgIpc) is 2.26. The highest BCUT2D eigenvalue weighted by Crippen LogP contribution is 2.26. The lowest BCUT2D eigenvalue weighted by molar-refractivity contribution is 0.236. The van der Waals surface area contributed by atoms with Crippen molar-refractivity contribution in [3.05, 3.63) is 28.8 Å². The summed E-state index contributed by atoms with van der Waals surface area (Å²) < 4.78 is 5.99. The molecule has 0 aliphatic rings. The summed E-state index contributed by atoms with van der Waals surface area (Å²) in [5.74, 6) is 2.91. The Balaban J connectivity index is 2.67. The summed E-state index contributed by atoms with van der Waals surface area (Å²) in [6.07, 6.45) is 1.21. The Bertz CT molecular complexity index is 362. The average molecular weight is 269 g/mol. The normalized spacial score (nSPS) is 12.8. The van der Waals surface area contributed by atoms with Crippen LogP contribution in [-0.2, 0) is 5.88 Å². The van der Waals surface area contributed by atoms with E-state index in [0.717, 1.165) is 23.8 Å². The van der Waals surface area contributed by atoms with Crippen LogP contribution in [0.1, 0.15) is 43.9 Å². The Morgan fingerprint density at radius 2 is 1.67 bits per heavy atom. The van der Waals surface area contributed by atoms with E-state index in [2.05, 4.69) is 46.8 Å². The molecule has 0 aliphatic carbocycles. The zero-order valence-corrected chi connectivity index (χ0v) is 13.0. The molecular weight excluding hydrogens is 244 g/mol. The minimum absolute atomic E-state index is 0.561. The molecule has 1 nitrogen and oxygen atoms in total. The molecule has 1 unspecified atom stereocenters. The first-order valence-electron chi connectivity index (χ1n) is 6.73. The van der Waals surface area contributed by atoms with Crippen molar-refractivity contribution >= 4 is 11.6 Å². The molecule has 1 aromatic rings. The molecule has 102 valence electrons. The Hall–Kier alpha value is -0.690. The molecule has 2 heteroatoms. The Morgan fingerprint density at radius 1 is 1.11 bits per heavy atom. The second-order valence-electron chi connectivity index (χ2n) is 5.74. The van der Waals surface area contributed by atoms with Crippen molar-refractivity contribution in [2.45, 2.75) is 46.9 Å². The highest BCUT2D eigenvalue weighted by Gasteiger charge is 2.10. The van der Waals surface area contributed by atoms with Gasteiger partial charge in [0.05, 0.1) is 6.61 Å². The summed E-state index contributed by atoms with van der Waals surface area (Å²) >= 11 is 5.87.